The SMILES string of the molecule is Cc1cc(OCc2ccn(C)n2)ccc1C#CCCCl. The number of ether oxygens (including phenoxy) is 1. The molecule has 1 aromatic heterocycles. The number of hydrogen-bond acceptors (Lipinski definition) is 2. The molecule has 0 amide bonds. The van der Waals surface area contributed by atoms with E-state index in [4.69, 9.17) is 16.3 Å². The number of nitrogens with zero attached hydrogens (tertiary/aromatic N) is 2. The first kappa shape index (κ1) is 14.5. The summed E-state index contributed by atoms with van der Waals surface area (Å²) in [7, 11) is 1.89. The Morgan fingerprint density at radius 2 is 2.20 bits per heavy atom. The van der Waals surface area contributed by atoms with E-state index in [0.29, 0.717) is 18.9 Å². The van der Waals surface area contributed by atoms with Crippen molar-refractivity contribution in [2.24, 2.45) is 7.05 Å². The van der Waals surface area contributed by atoms with Crippen LogP contribution < -0.4 is 4.74 Å². The van der Waals surface area contributed by atoms with E-state index in [1.54, 1.807) is 4.68 Å². The summed E-state index contributed by atoms with van der Waals surface area (Å²) in [6.07, 6.45) is 2.61. The summed E-state index contributed by atoms with van der Waals surface area (Å²) in [5.74, 6) is 7.55. The maximum Gasteiger partial charge on any atom is 0.132 e. The first-order valence-corrected chi connectivity index (χ1v) is 6.99. The molecule has 2 aromatic rings. The monoisotopic (exact) mass is 288 g/mol. The summed E-state index contributed by atoms with van der Waals surface area (Å²) in [6.45, 7) is 2.50. The molecule has 3 nitrogen and oxygen atoms in total. The second-order valence-electron chi connectivity index (χ2n) is 4.49. The summed E-state index contributed by atoms with van der Waals surface area (Å²) in [5.41, 5.74) is 3.03. The summed E-state index contributed by atoms with van der Waals surface area (Å²) in [4.78, 5) is 0. The molecule has 0 aliphatic heterocycles. The summed E-state index contributed by atoms with van der Waals surface area (Å²) in [6, 6.07) is 7.84. The van der Waals surface area contributed by atoms with Gasteiger partial charge in [-0.3, -0.25) is 4.68 Å². The minimum absolute atomic E-state index is 0.470. The quantitative estimate of drug-likeness (QED) is 0.638. The Morgan fingerprint density at radius 1 is 1.35 bits per heavy atom. The van der Waals surface area contributed by atoms with Gasteiger partial charge in [-0.25, -0.2) is 0 Å². The topological polar surface area (TPSA) is 27.1 Å². The lowest BCUT2D eigenvalue weighted by molar-refractivity contribution is 0.300. The van der Waals surface area contributed by atoms with Crippen LogP contribution in [0.1, 0.15) is 23.2 Å². The van der Waals surface area contributed by atoms with E-state index in [9.17, 15) is 0 Å². The minimum Gasteiger partial charge on any atom is -0.487 e. The van der Waals surface area contributed by atoms with Gasteiger partial charge in [0.15, 0.2) is 0 Å². The second kappa shape index (κ2) is 7.02. The zero-order valence-corrected chi connectivity index (χ0v) is 12.4. The molecule has 4 heteroatoms. The molecule has 0 spiro atoms. The third-order valence-corrected chi connectivity index (χ3v) is 2.98. The number of halogens is 1. The van der Waals surface area contributed by atoms with Crippen LogP contribution in [0.3, 0.4) is 0 Å². The number of alkyl halides is 1. The number of benzene rings is 1. The van der Waals surface area contributed by atoms with Crippen LogP contribution >= 0.6 is 11.6 Å². The van der Waals surface area contributed by atoms with Gasteiger partial charge in [0.05, 0.1) is 5.69 Å². The number of aryl methyl sites for hydroxylation is 2. The van der Waals surface area contributed by atoms with Gasteiger partial charge in [-0.15, -0.1) is 11.6 Å². The molecule has 1 heterocycles. The third-order valence-electron chi connectivity index (χ3n) is 2.80. The minimum atomic E-state index is 0.470. The van der Waals surface area contributed by atoms with Crippen LogP contribution in [0.5, 0.6) is 5.75 Å². The van der Waals surface area contributed by atoms with Crippen molar-refractivity contribution >= 4 is 11.6 Å². The molecule has 2 rings (SSSR count). The fourth-order valence-electron chi connectivity index (χ4n) is 1.77. The van der Waals surface area contributed by atoms with Crippen LogP contribution in [0.25, 0.3) is 0 Å². The Labute approximate surface area is 124 Å². The average molecular weight is 289 g/mol. The Morgan fingerprint density at radius 3 is 2.85 bits per heavy atom. The standard InChI is InChI=1S/C16H17ClN2O/c1-13-11-16(7-6-14(13)5-3-4-9-17)20-12-15-8-10-19(2)18-15/h6-8,10-11H,4,9,12H2,1-2H3. The van der Waals surface area contributed by atoms with Crippen LogP contribution in [0.4, 0.5) is 0 Å². The smallest absolute Gasteiger partial charge is 0.132 e. The maximum atomic E-state index is 5.72. The molecule has 0 N–H and O–H groups in total. The van der Waals surface area contributed by atoms with Crippen molar-refractivity contribution < 1.29 is 4.74 Å². The van der Waals surface area contributed by atoms with Gasteiger partial charge in [0.2, 0.25) is 0 Å². The van der Waals surface area contributed by atoms with Gasteiger partial charge in [0, 0.05) is 31.1 Å². The number of aromatic nitrogens is 2. The zero-order valence-electron chi connectivity index (χ0n) is 11.7. The van der Waals surface area contributed by atoms with E-state index in [2.05, 4.69) is 16.9 Å². The van der Waals surface area contributed by atoms with Gasteiger partial charge in [0.1, 0.15) is 12.4 Å². The summed E-state index contributed by atoms with van der Waals surface area (Å²) < 4.78 is 7.49. The van der Waals surface area contributed by atoms with Crippen LogP contribution in [-0.4, -0.2) is 15.7 Å². The second-order valence-corrected chi connectivity index (χ2v) is 4.86. The molecule has 20 heavy (non-hydrogen) atoms. The lowest BCUT2D eigenvalue weighted by Gasteiger charge is -2.06. The van der Waals surface area contributed by atoms with Crippen LogP contribution in [0.2, 0.25) is 0 Å². The fourth-order valence-corrected chi connectivity index (χ4v) is 1.86. The first-order valence-electron chi connectivity index (χ1n) is 6.46. The van der Waals surface area contributed by atoms with Gasteiger partial charge in [-0.05, 0) is 36.8 Å². The Kier molecular flexibility index (Phi) is 5.09. The molecule has 0 fully saturated rings. The van der Waals surface area contributed by atoms with Crippen LogP contribution in [0, 0.1) is 18.8 Å². The van der Waals surface area contributed by atoms with E-state index in [1.165, 1.54) is 0 Å². The van der Waals surface area contributed by atoms with E-state index in [1.807, 2.05) is 44.4 Å². The average Bonchev–Trinajstić information content (AvgIpc) is 2.85. The lowest BCUT2D eigenvalue weighted by Crippen LogP contribution is -1.98. The highest BCUT2D eigenvalue weighted by Crippen LogP contribution is 2.17. The number of rotatable bonds is 4. The highest BCUT2D eigenvalue weighted by atomic mass is 35.5. The predicted octanol–water partition coefficient (Wildman–Crippen LogP) is 3.29. The van der Waals surface area contributed by atoms with E-state index >= 15 is 0 Å². The summed E-state index contributed by atoms with van der Waals surface area (Å²) in [5, 5.41) is 4.27. The number of hydrogen-bond donors (Lipinski definition) is 0. The molecular weight excluding hydrogens is 272 g/mol. The van der Waals surface area contributed by atoms with Crippen LogP contribution in [0.15, 0.2) is 30.5 Å². The molecule has 0 saturated heterocycles. The molecular formula is C16H17ClN2O. The zero-order chi connectivity index (χ0) is 14.4. The van der Waals surface area contributed by atoms with Crippen molar-refractivity contribution in [3.63, 3.8) is 0 Å². The third kappa shape index (κ3) is 4.04. The highest BCUT2D eigenvalue weighted by Gasteiger charge is 2.01. The van der Waals surface area contributed by atoms with E-state index in [-0.39, 0.29) is 0 Å². The molecule has 0 saturated carbocycles. The predicted molar refractivity (Wildman–Crippen MR) is 80.9 cm³/mol. The van der Waals surface area contributed by atoms with Crippen molar-refractivity contribution in [1.29, 1.82) is 0 Å². The van der Waals surface area contributed by atoms with Crippen LogP contribution in [-0.2, 0) is 13.7 Å². The van der Waals surface area contributed by atoms with Crippen molar-refractivity contribution in [2.45, 2.75) is 20.0 Å². The normalized spacial score (nSPS) is 9.95. The molecule has 0 aliphatic carbocycles. The molecule has 104 valence electrons. The van der Waals surface area contributed by atoms with Crippen molar-refractivity contribution in [2.75, 3.05) is 5.88 Å². The molecule has 0 atom stereocenters. The summed E-state index contributed by atoms with van der Waals surface area (Å²) >= 11 is 5.60. The van der Waals surface area contributed by atoms with Gasteiger partial charge in [-0.2, -0.15) is 5.10 Å². The van der Waals surface area contributed by atoms with Gasteiger partial charge >= 0.3 is 0 Å². The Balaban J connectivity index is 2.00. The van der Waals surface area contributed by atoms with Gasteiger partial charge < -0.3 is 4.74 Å². The van der Waals surface area contributed by atoms with Crippen molar-refractivity contribution in [3.05, 3.63) is 47.3 Å². The van der Waals surface area contributed by atoms with Crippen molar-refractivity contribution in [1.82, 2.24) is 9.78 Å². The largest absolute Gasteiger partial charge is 0.487 e. The molecule has 0 unspecified atom stereocenters. The maximum absolute atomic E-state index is 5.72. The Hall–Kier alpha value is -1.92. The van der Waals surface area contributed by atoms with Crippen molar-refractivity contribution in [3.8, 4) is 17.6 Å². The molecule has 0 radical (unpaired) electrons. The Bertz CT molecular complexity index is 637. The highest BCUT2D eigenvalue weighted by molar-refractivity contribution is 6.18. The first-order chi connectivity index (χ1) is 9.69. The van der Waals surface area contributed by atoms with E-state index in [0.717, 1.165) is 22.6 Å². The van der Waals surface area contributed by atoms with E-state index < -0.39 is 0 Å². The lowest BCUT2D eigenvalue weighted by atomic mass is 10.1. The molecule has 0 aliphatic rings. The fraction of sp³-hybridized carbons (Fsp3) is 0.312. The van der Waals surface area contributed by atoms with Gasteiger partial charge in [-0.1, -0.05) is 11.8 Å². The molecule has 1 aromatic carbocycles. The van der Waals surface area contributed by atoms with Gasteiger partial charge in [0.25, 0.3) is 0 Å². The molecule has 0 bridgehead atoms.